The first-order valence-electron chi connectivity index (χ1n) is 7.53. The number of hydrogen-bond donors (Lipinski definition) is 1. The van der Waals surface area contributed by atoms with Crippen LogP contribution in [-0.4, -0.2) is 26.8 Å². The lowest BCUT2D eigenvalue weighted by Crippen LogP contribution is -2.26. The summed E-state index contributed by atoms with van der Waals surface area (Å²) in [4.78, 5) is 0. The van der Waals surface area contributed by atoms with Crippen LogP contribution in [0, 0.1) is 0 Å². The molecule has 1 saturated carbocycles. The average Bonchev–Trinajstić information content (AvgIpc) is 3.03. The molecule has 0 amide bonds. The van der Waals surface area contributed by atoms with E-state index < -0.39 is 0 Å². The predicted octanol–water partition coefficient (Wildman–Crippen LogP) is 3.34. The number of hydrogen-bond acceptors (Lipinski definition) is 3. The van der Waals surface area contributed by atoms with Crippen LogP contribution in [0.25, 0.3) is 10.9 Å². The first kappa shape index (κ1) is 14.0. The first-order valence-corrected chi connectivity index (χ1v) is 8.58. The lowest BCUT2D eigenvalue weighted by molar-refractivity contribution is 0.518. The van der Waals surface area contributed by atoms with Crippen LogP contribution in [-0.2, 0) is 13.6 Å². The number of rotatable bonds is 5. The zero-order chi connectivity index (χ0) is 13.9. The monoisotopic (exact) mass is 289 g/mol. The van der Waals surface area contributed by atoms with Gasteiger partial charge in [0.05, 0.1) is 11.2 Å². The van der Waals surface area contributed by atoms with Gasteiger partial charge in [-0.1, -0.05) is 25.1 Å². The van der Waals surface area contributed by atoms with Crippen molar-refractivity contribution in [3.05, 3.63) is 30.0 Å². The Morgan fingerprint density at radius 2 is 2.20 bits per heavy atom. The zero-order valence-corrected chi connectivity index (χ0v) is 13.1. The van der Waals surface area contributed by atoms with Crippen molar-refractivity contribution in [2.75, 3.05) is 5.75 Å². The van der Waals surface area contributed by atoms with Gasteiger partial charge < -0.3 is 5.32 Å². The Labute approximate surface area is 125 Å². The Bertz CT molecular complexity index is 578. The quantitative estimate of drug-likeness (QED) is 0.915. The molecule has 3 nitrogen and oxygen atoms in total. The van der Waals surface area contributed by atoms with E-state index >= 15 is 0 Å². The van der Waals surface area contributed by atoms with Gasteiger partial charge in [0, 0.05) is 30.3 Å². The molecule has 1 aliphatic rings. The molecule has 0 radical (unpaired) electrons. The number of aryl methyl sites for hydroxylation is 1. The number of nitrogens with one attached hydrogen (secondary N) is 1. The van der Waals surface area contributed by atoms with E-state index in [4.69, 9.17) is 0 Å². The normalized spacial score (nSPS) is 22.7. The van der Waals surface area contributed by atoms with Gasteiger partial charge in [0.1, 0.15) is 0 Å². The SMILES string of the molecule is CCSC1CCC(NCc2nn(C)c3ccccc23)C1. The number of benzene rings is 1. The highest BCUT2D eigenvalue weighted by molar-refractivity contribution is 7.99. The Morgan fingerprint density at radius 1 is 1.35 bits per heavy atom. The Morgan fingerprint density at radius 3 is 3.05 bits per heavy atom. The molecule has 1 aromatic carbocycles. The maximum absolute atomic E-state index is 4.66. The molecular weight excluding hydrogens is 266 g/mol. The summed E-state index contributed by atoms with van der Waals surface area (Å²) in [5, 5.41) is 10.5. The predicted molar refractivity (Wildman–Crippen MR) is 87.1 cm³/mol. The fourth-order valence-corrected chi connectivity index (χ4v) is 4.32. The van der Waals surface area contributed by atoms with Crippen molar-refractivity contribution in [2.45, 2.75) is 44.0 Å². The second kappa shape index (κ2) is 6.19. The molecule has 0 spiro atoms. The first-order chi connectivity index (χ1) is 9.78. The highest BCUT2D eigenvalue weighted by Gasteiger charge is 2.24. The van der Waals surface area contributed by atoms with Crippen molar-refractivity contribution in [3.63, 3.8) is 0 Å². The van der Waals surface area contributed by atoms with E-state index in [2.05, 4.69) is 53.4 Å². The van der Waals surface area contributed by atoms with Crippen LogP contribution in [0.1, 0.15) is 31.9 Å². The van der Waals surface area contributed by atoms with Gasteiger partial charge in [0.25, 0.3) is 0 Å². The third-order valence-electron chi connectivity index (χ3n) is 4.18. The second-order valence-corrected chi connectivity index (χ2v) is 7.13. The molecule has 2 aromatic rings. The Balaban J connectivity index is 1.63. The maximum atomic E-state index is 4.66. The van der Waals surface area contributed by atoms with Crippen molar-refractivity contribution in [3.8, 4) is 0 Å². The number of para-hydroxylation sites is 1. The standard InChI is InChI=1S/C16H23N3S/c1-3-20-13-9-8-12(10-13)17-11-15-14-6-4-5-7-16(14)19(2)18-15/h4-7,12-13,17H,3,8-11H2,1-2H3. The van der Waals surface area contributed by atoms with E-state index in [-0.39, 0.29) is 0 Å². The lowest BCUT2D eigenvalue weighted by atomic mass is 10.2. The molecule has 108 valence electrons. The van der Waals surface area contributed by atoms with Crippen LogP contribution in [0.5, 0.6) is 0 Å². The molecule has 0 aliphatic heterocycles. The molecule has 2 unspecified atom stereocenters. The van der Waals surface area contributed by atoms with Crippen LogP contribution in [0.15, 0.2) is 24.3 Å². The fourth-order valence-electron chi connectivity index (χ4n) is 3.17. The molecule has 1 aliphatic carbocycles. The van der Waals surface area contributed by atoms with Crippen molar-refractivity contribution in [2.24, 2.45) is 7.05 Å². The fraction of sp³-hybridized carbons (Fsp3) is 0.562. The summed E-state index contributed by atoms with van der Waals surface area (Å²) in [6.45, 7) is 3.14. The summed E-state index contributed by atoms with van der Waals surface area (Å²) in [5.41, 5.74) is 2.39. The minimum atomic E-state index is 0.666. The minimum Gasteiger partial charge on any atom is -0.308 e. The molecule has 1 heterocycles. The molecule has 1 aromatic heterocycles. The minimum absolute atomic E-state index is 0.666. The largest absolute Gasteiger partial charge is 0.308 e. The molecule has 2 atom stereocenters. The van der Waals surface area contributed by atoms with Crippen LogP contribution < -0.4 is 5.32 Å². The van der Waals surface area contributed by atoms with Crippen LogP contribution >= 0.6 is 11.8 Å². The van der Waals surface area contributed by atoms with Crippen molar-refractivity contribution >= 4 is 22.7 Å². The Kier molecular flexibility index (Phi) is 4.32. The van der Waals surface area contributed by atoms with Gasteiger partial charge in [0.15, 0.2) is 0 Å². The van der Waals surface area contributed by atoms with Gasteiger partial charge in [-0.25, -0.2) is 0 Å². The number of fused-ring (bicyclic) bond motifs is 1. The summed E-state index contributed by atoms with van der Waals surface area (Å²) >= 11 is 2.11. The van der Waals surface area contributed by atoms with E-state index in [9.17, 15) is 0 Å². The van der Waals surface area contributed by atoms with E-state index in [0.29, 0.717) is 6.04 Å². The molecule has 0 saturated heterocycles. The van der Waals surface area contributed by atoms with Crippen molar-refractivity contribution < 1.29 is 0 Å². The average molecular weight is 289 g/mol. The van der Waals surface area contributed by atoms with Gasteiger partial charge in [0.2, 0.25) is 0 Å². The summed E-state index contributed by atoms with van der Waals surface area (Å²) in [6.07, 6.45) is 3.98. The Hall–Kier alpha value is -1.00. The summed E-state index contributed by atoms with van der Waals surface area (Å²) < 4.78 is 1.98. The molecule has 0 bridgehead atoms. The topological polar surface area (TPSA) is 29.9 Å². The molecule has 20 heavy (non-hydrogen) atoms. The third kappa shape index (κ3) is 2.86. The molecule has 4 heteroatoms. The molecule has 3 rings (SSSR count). The highest BCUT2D eigenvalue weighted by Crippen LogP contribution is 2.30. The zero-order valence-electron chi connectivity index (χ0n) is 12.3. The van der Waals surface area contributed by atoms with Crippen LogP contribution in [0.3, 0.4) is 0 Å². The molecular formula is C16H23N3S. The summed E-state index contributed by atoms with van der Waals surface area (Å²) in [6, 6.07) is 9.14. The molecule has 1 N–H and O–H groups in total. The van der Waals surface area contributed by atoms with E-state index in [1.807, 2.05) is 11.7 Å². The number of aromatic nitrogens is 2. The van der Waals surface area contributed by atoms with Crippen LogP contribution in [0.2, 0.25) is 0 Å². The maximum Gasteiger partial charge on any atom is 0.0841 e. The van der Waals surface area contributed by atoms with Gasteiger partial charge in [-0.2, -0.15) is 16.9 Å². The lowest BCUT2D eigenvalue weighted by Gasteiger charge is -2.12. The summed E-state index contributed by atoms with van der Waals surface area (Å²) in [5.74, 6) is 1.24. The highest BCUT2D eigenvalue weighted by atomic mass is 32.2. The van der Waals surface area contributed by atoms with Gasteiger partial charge in [-0.15, -0.1) is 0 Å². The van der Waals surface area contributed by atoms with E-state index in [0.717, 1.165) is 11.8 Å². The van der Waals surface area contributed by atoms with Crippen molar-refractivity contribution in [1.82, 2.24) is 15.1 Å². The van der Waals surface area contributed by atoms with E-state index in [1.54, 1.807) is 0 Å². The number of nitrogens with zero attached hydrogens (tertiary/aromatic N) is 2. The van der Waals surface area contributed by atoms with Gasteiger partial charge in [-0.05, 0) is 31.1 Å². The van der Waals surface area contributed by atoms with Gasteiger partial charge >= 0.3 is 0 Å². The van der Waals surface area contributed by atoms with Gasteiger partial charge in [-0.3, -0.25) is 4.68 Å². The summed E-state index contributed by atoms with van der Waals surface area (Å²) in [7, 11) is 2.02. The molecule has 1 fully saturated rings. The second-order valence-electron chi connectivity index (χ2n) is 5.56. The van der Waals surface area contributed by atoms with E-state index in [1.165, 1.54) is 41.6 Å². The van der Waals surface area contributed by atoms with Crippen LogP contribution in [0.4, 0.5) is 0 Å². The number of thioether (sulfide) groups is 1. The third-order valence-corrected chi connectivity index (χ3v) is 5.41. The smallest absolute Gasteiger partial charge is 0.0841 e. The van der Waals surface area contributed by atoms with Crippen molar-refractivity contribution in [1.29, 1.82) is 0 Å².